The molecule has 1 N–H and O–H groups in total. The van der Waals surface area contributed by atoms with Gasteiger partial charge in [-0.05, 0) is 32.9 Å². The molecule has 0 saturated carbocycles. The number of benzene rings is 1. The Labute approximate surface area is 106 Å². The van der Waals surface area contributed by atoms with E-state index in [4.69, 9.17) is 9.84 Å². The molecule has 0 fully saturated rings. The van der Waals surface area contributed by atoms with Crippen LogP contribution in [0.2, 0.25) is 0 Å². The number of carboxylic acid groups (broad SMARTS) is 1. The van der Waals surface area contributed by atoms with Crippen molar-refractivity contribution in [3.05, 3.63) is 29.8 Å². The smallest absolute Gasteiger partial charge is 0.319 e. The molecule has 0 aliphatic carbocycles. The lowest BCUT2D eigenvalue weighted by molar-refractivity contribution is -0.138. The van der Waals surface area contributed by atoms with Crippen molar-refractivity contribution in [3.8, 4) is 5.75 Å². The highest BCUT2D eigenvalue weighted by molar-refractivity contribution is 8.01. The summed E-state index contributed by atoms with van der Waals surface area (Å²) < 4.78 is 4.77. The van der Waals surface area contributed by atoms with Crippen LogP contribution in [0.4, 0.5) is 0 Å². The molecule has 0 radical (unpaired) electrons. The highest BCUT2D eigenvalue weighted by atomic mass is 32.2. The van der Waals surface area contributed by atoms with E-state index in [1.807, 2.05) is 31.2 Å². The summed E-state index contributed by atoms with van der Waals surface area (Å²) in [7, 11) is 0. The van der Waals surface area contributed by atoms with E-state index in [-0.39, 0.29) is 0 Å². The Hall–Kier alpha value is -1.16. The van der Waals surface area contributed by atoms with Crippen LogP contribution in [0.25, 0.3) is 0 Å². The maximum absolute atomic E-state index is 10.9. The van der Waals surface area contributed by atoms with Gasteiger partial charge in [-0.2, -0.15) is 0 Å². The van der Waals surface area contributed by atoms with Gasteiger partial charge < -0.3 is 9.84 Å². The number of hydrogen-bond donors (Lipinski definition) is 1. The Morgan fingerprint density at radius 3 is 2.47 bits per heavy atom. The van der Waals surface area contributed by atoms with Gasteiger partial charge in [0.1, 0.15) is 10.5 Å². The molecule has 0 aliphatic rings. The van der Waals surface area contributed by atoms with E-state index < -0.39 is 10.7 Å². The van der Waals surface area contributed by atoms with Gasteiger partial charge in [-0.1, -0.05) is 17.7 Å². The highest BCUT2D eigenvalue weighted by Gasteiger charge is 2.27. The topological polar surface area (TPSA) is 46.5 Å². The van der Waals surface area contributed by atoms with Crippen LogP contribution in [0.3, 0.4) is 0 Å². The molecule has 4 heteroatoms. The van der Waals surface area contributed by atoms with Gasteiger partial charge >= 0.3 is 5.97 Å². The Kier molecular flexibility index (Phi) is 4.87. The normalized spacial score (nSPS) is 11.2. The molecule has 3 nitrogen and oxygen atoms in total. The summed E-state index contributed by atoms with van der Waals surface area (Å²) in [6.45, 7) is 5.94. The van der Waals surface area contributed by atoms with Crippen molar-refractivity contribution in [2.45, 2.75) is 25.5 Å². The monoisotopic (exact) mass is 254 g/mol. The van der Waals surface area contributed by atoms with Crippen molar-refractivity contribution in [1.82, 2.24) is 0 Å². The van der Waals surface area contributed by atoms with Gasteiger partial charge in [0.05, 0.1) is 6.61 Å². The Morgan fingerprint density at radius 1 is 1.35 bits per heavy atom. The van der Waals surface area contributed by atoms with Gasteiger partial charge in [-0.15, -0.1) is 11.8 Å². The van der Waals surface area contributed by atoms with E-state index in [1.165, 1.54) is 17.3 Å². The van der Waals surface area contributed by atoms with Gasteiger partial charge in [0, 0.05) is 5.75 Å². The predicted molar refractivity (Wildman–Crippen MR) is 70.8 cm³/mol. The molecule has 0 unspecified atom stereocenters. The summed E-state index contributed by atoms with van der Waals surface area (Å²) >= 11 is 1.38. The second kappa shape index (κ2) is 5.96. The van der Waals surface area contributed by atoms with Crippen molar-refractivity contribution in [1.29, 1.82) is 0 Å². The van der Waals surface area contributed by atoms with E-state index in [0.29, 0.717) is 12.4 Å². The molecule has 0 atom stereocenters. The van der Waals surface area contributed by atoms with Gasteiger partial charge in [-0.3, -0.25) is 4.79 Å². The first-order valence-corrected chi connectivity index (χ1v) is 6.47. The SMILES string of the molecule is Cc1ccc(OCCSC(C)(C)C(=O)O)cc1. The number of aryl methyl sites for hydroxylation is 1. The highest BCUT2D eigenvalue weighted by Crippen LogP contribution is 2.24. The second-order valence-electron chi connectivity index (χ2n) is 4.33. The number of rotatable bonds is 6. The van der Waals surface area contributed by atoms with Crippen LogP contribution in [0.1, 0.15) is 19.4 Å². The Morgan fingerprint density at radius 2 is 1.94 bits per heavy atom. The molecule has 0 bridgehead atoms. The van der Waals surface area contributed by atoms with Crippen LogP contribution >= 0.6 is 11.8 Å². The van der Waals surface area contributed by atoms with E-state index in [9.17, 15) is 4.79 Å². The van der Waals surface area contributed by atoms with Crippen LogP contribution in [0.5, 0.6) is 5.75 Å². The van der Waals surface area contributed by atoms with Gasteiger partial charge in [-0.25, -0.2) is 0 Å². The standard InChI is InChI=1S/C13H18O3S/c1-10-4-6-11(7-5-10)16-8-9-17-13(2,3)12(14)15/h4-7H,8-9H2,1-3H3,(H,14,15). The van der Waals surface area contributed by atoms with Crippen molar-refractivity contribution >= 4 is 17.7 Å². The average molecular weight is 254 g/mol. The molecule has 0 aliphatic heterocycles. The minimum Gasteiger partial charge on any atom is -0.493 e. The summed E-state index contributed by atoms with van der Waals surface area (Å²) in [5.41, 5.74) is 1.19. The lowest BCUT2D eigenvalue weighted by atomic mass is 10.2. The summed E-state index contributed by atoms with van der Waals surface area (Å²) in [5.74, 6) is 0.690. The first-order chi connectivity index (χ1) is 7.92. The number of ether oxygens (including phenoxy) is 1. The number of aliphatic carboxylic acids is 1. The first kappa shape index (κ1) is 13.9. The van der Waals surface area contributed by atoms with E-state index >= 15 is 0 Å². The third-order valence-corrected chi connectivity index (χ3v) is 3.62. The van der Waals surface area contributed by atoms with Crippen LogP contribution < -0.4 is 4.74 Å². The molecule has 0 saturated heterocycles. The third kappa shape index (κ3) is 4.69. The quantitative estimate of drug-likeness (QED) is 0.793. The minimum atomic E-state index is -0.794. The summed E-state index contributed by atoms with van der Waals surface area (Å²) in [5, 5.41) is 8.93. The summed E-state index contributed by atoms with van der Waals surface area (Å²) in [6, 6.07) is 7.82. The average Bonchev–Trinajstić information content (AvgIpc) is 2.26. The zero-order chi connectivity index (χ0) is 12.9. The third-order valence-electron chi connectivity index (χ3n) is 2.35. The Balaban J connectivity index is 2.29. The van der Waals surface area contributed by atoms with Gasteiger partial charge in [0.15, 0.2) is 0 Å². The molecule has 94 valence electrons. The summed E-state index contributed by atoms with van der Waals surface area (Å²) in [6.07, 6.45) is 0. The number of carboxylic acids is 1. The fourth-order valence-electron chi connectivity index (χ4n) is 1.15. The molecule has 0 spiro atoms. The molecule has 0 aromatic heterocycles. The molecular formula is C13H18O3S. The van der Waals surface area contributed by atoms with Crippen molar-refractivity contribution in [3.63, 3.8) is 0 Å². The molecular weight excluding hydrogens is 236 g/mol. The van der Waals surface area contributed by atoms with E-state index in [2.05, 4.69) is 0 Å². The zero-order valence-electron chi connectivity index (χ0n) is 10.4. The van der Waals surface area contributed by atoms with E-state index in [0.717, 1.165) is 5.75 Å². The van der Waals surface area contributed by atoms with Gasteiger partial charge in [0.25, 0.3) is 0 Å². The van der Waals surface area contributed by atoms with E-state index in [1.54, 1.807) is 13.8 Å². The maximum atomic E-state index is 10.9. The van der Waals surface area contributed by atoms with Crippen LogP contribution in [0, 0.1) is 6.92 Å². The summed E-state index contributed by atoms with van der Waals surface area (Å²) in [4.78, 5) is 10.9. The van der Waals surface area contributed by atoms with Crippen molar-refractivity contribution in [2.24, 2.45) is 0 Å². The fraction of sp³-hybridized carbons (Fsp3) is 0.462. The van der Waals surface area contributed by atoms with Crippen molar-refractivity contribution < 1.29 is 14.6 Å². The molecule has 1 rings (SSSR count). The molecule has 0 heterocycles. The number of thioether (sulfide) groups is 1. The zero-order valence-corrected chi connectivity index (χ0v) is 11.2. The Bertz CT molecular complexity index is 371. The largest absolute Gasteiger partial charge is 0.493 e. The maximum Gasteiger partial charge on any atom is 0.319 e. The minimum absolute atomic E-state index is 0.518. The fourth-order valence-corrected chi connectivity index (χ4v) is 1.95. The number of carbonyl (C=O) groups is 1. The molecule has 0 amide bonds. The molecule has 1 aromatic carbocycles. The lowest BCUT2D eigenvalue weighted by Gasteiger charge is -2.18. The molecule has 17 heavy (non-hydrogen) atoms. The van der Waals surface area contributed by atoms with Crippen LogP contribution in [-0.4, -0.2) is 28.2 Å². The second-order valence-corrected chi connectivity index (χ2v) is 6.04. The first-order valence-electron chi connectivity index (χ1n) is 5.48. The van der Waals surface area contributed by atoms with Crippen LogP contribution in [-0.2, 0) is 4.79 Å². The van der Waals surface area contributed by atoms with Crippen molar-refractivity contribution in [2.75, 3.05) is 12.4 Å². The number of hydrogen-bond acceptors (Lipinski definition) is 3. The predicted octanol–water partition coefficient (Wildman–Crippen LogP) is 2.97. The molecule has 1 aromatic rings. The lowest BCUT2D eigenvalue weighted by Crippen LogP contribution is -2.28. The van der Waals surface area contributed by atoms with Crippen LogP contribution in [0.15, 0.2) is 24.3 Å². The van der Waals surface area contributed by atoms with Gasteiger partial charge in [0.2, 0.25) is 0 Å².